The fourth-order valence-corrected chi connectivity index (χ4v) is 6.10. The van der Waals surface area contributed by atoms with Crippen LogP contribution < -0.4 is 9.47 Å². The summed E-state index contributed by atoms with van der Waals surface area (Å²) < 4.78 is 21.5. The number of Topliss-reactive ketones (excluding diaryl/α,β-unsaturated/α-hetero) is 1. The maximum atomic E-state index is 12.4. The number of aromatic nitrogens is 1. The van der Waals surface area contributed by atoms with E-state index in [1.54, 1.807) is 62.4 Å². The molecule has 10 nitrogen and oxygen atoms in total. The first-order valence-corrected chi connectivity index (χ1v) is 17.6. The summed E-state index contributed by atoms with van der Waals surface area (Å²) in [5.41, 5.74) is 3.40. The normalized spacial score (nSPS) is 16.4. The van der Waals surface area contributed by atoms with Crippen molar-refractivity contribution in [1.82, 2.24) is 4.98 Å². The van der Waals surface area contributed by atoms with Crippen LogP contribution in [-0.4, -0.2) is 57.9 Å². The number of benzene rings is 2. The van der Waals surface area contributed by atoms with Gasteiger partial charge >= 0.3 is 12.0 Å². The summed E-state index contributed by atoms with van der Waals surface area (Å²) in [6.07, 6.45) is 3.52. The van der Waals surface area contributed by atoms with E-state index in [2.05, 4.69) is 24.0 Å². The van der Waals surface area contributed by atoms with Gasteiger partial charge in [-0.3, -0.25) is 4.79 Å². The van der Waals surface area contributed by atoms with Crippen LogP contribution in [0.2, 0.25) is 5.02 Å². The monoisotopic (exact) mass is 720 g/mol. The number of oxime groups is 1. The molecule has 3 atom stereocenters. The van der Waals surface area contributed by atoms with Crippen LogP contribution in [0, 0.1) is 5.92 Å². The van der Waals surface area contributed by atoms with Crippen molar-refractivity contribution in [3.05, 3.63) is 70.4 Å². The second kappa shape index (κ2) is 20.0. The van der Waals surface area contributed by atoms with Crippen molar-refractivity contribution >= 4 is 63.5 Å². The summed E-state index contributed by atoms with van der Waals surface area (Å²) in [6.45, 7) is 10.1. The van der Waals surface area contributed by atoms with Crippen molar-refractivity contribution < 1.29 is 38.2 Å². The van der Waals surface area contributed by atoms with Crippen molar-refractivity contribution in [3.63, 3.8) is 0 Å². The van der Waals surface area contributed by atoms with Crippen LogP contribution in [-0.2, 0) is 19.2 Å². The molecule has 1 aliphatic carbocycles. The predicted molar refractivity (Wildman–Crippen MR) is 191 cm³/mol. The van der Waals surface area contributed by atoms with Crippen molar-refractivity contribution in [2.45, 2.75) is 71.7 Å². The van der Waals surface area contributed by atoms with Gasteiger partial charge in [-0.15, -0.1) is 0 Å². The Kier molecular flexibility index (Phi) is 16.1. The second-order valence-corrected chi connectivity index (χ2v) is 13.2. The Labute approximate surface area is 295 Å². The largest absolute Gasteiger partial charge is 0.511 e. The highest BCUT2D eigenvalue weighted by Crippen LogP contribution is 2.33. The molecule has 0 amide bonds. The number of fused-ring (bicyclic) bond motifs is 1. The van der Waals surface area contributed by atoms with Crippen LogP contribution >= 0.6 is 35.0 Å². The van der Waals surface area contributed by atoms with E-state index in [-0.39, 0.29) is 30.1 Å². The summed E-state index contributed by atoms with van der Waals surface area (Å²) in [5.74, 6) is 2.02. The molecule has 1 aliphatic rings. The number of ketones is 1. The molecule has 3 aromatic rings. The fourth-order valence-electron chi connectivity index (χ4n) is 4.89. The van der Waals surface area contributed by atoms with E-state index in [0.29, 0.717) is 70.0 Å². The van der Waals surface area contributed by atoms with Gasteiger partial charge in [-0.25, -0.2) is 4.79 Å². The lowest BCUT2D eigenvalue weighted by atomic mass is 9.82. The van der Waals surface area contributed by atoms with E-state index in [1.807, 2.05) is 18.7 Å². The molecule has 0 saturated carbocycles. The minimum absolute atomic E-state index is 0.0375. The molecule has 2 unspecified atom stereocenters. The summed E-state index contributed by atoms with van der Waals surface area (Å²) in [7, 11) is 0. The Morgan fingerprint density at radius 1 is 1.15 bits per heavy atom. The molecule has 0 radical (unpaired) electrons. The average molecular weight is 722 g/mol. The van der Waals surface area contributed by atoms with E-state index in [4.69, 9.17) is 46.7 Å². The minimum atomic E-state index is -0.687. The number of rotatable bonds is 15. The Balaban J connectivity index is 0.000000262. The number of aliphatic hydroxyl groups excluding tert-OH is 1. The zero-order valence-corrected chi connectivity index (χ0v) is 30.1. The summed E-state index contributed by atoms with van der Waals surface area (Å²) in [5, 5.41) is 15.4. The molecule has 0 spiro atoms. The smallest absolute Gasteiger partial charge is 0.400 e. The van der Waals surface area contributed by atoms with E-state index in [9.17, 15) is 14.7 Å². The molecular formula is C35H42Cl2N2O8S. The number of hydrogen-bond acceptors (Lipinski definition) is 11. The highest BCUT2D eigenvalue weighted by Gasteiger charge is 2.31. The number of carbonyl (C=O) groups is 2. The van der Waals surface area contributed by atoms with E-state index in [1.165, 1.54) is 5.54 Å². The number of ether oxygens (including phenoxy) is 3. The highest BCUT2D eigenvalue weighted by atomic mass is 35.5. The molecule has 1 N–H and O–H groups in total. The van der Waals surface area contributed by atoms with Crippen LogP contribution in [0.3, 0.4) is 0 Å². The number of oxazole rings is 1. The van der Waals surface area contributed by atoms with Crippen molar-refractivity contribution in [3.8, 4) is 17.6 Å². The molecule has 4 rings (SSSR count). The SMILES string of the molecule is CCOC(=O)[C@@H](C)Oc1ccc(Oc2nc3ccc(Cl)cc3o2)cc1.CCSC(C)CC1CC(=O)C(/C(CC)=N/OC/C=C/Cl)=C(O)C1. The van der Waals surface area contributed by atoms with Gasteiger partial charge < -0.3 is 28.6 Å². The van der Waals surface area contributed by atoms with E-state index in [0.717, 1.165) is 12.2 Å². The fraction of sp³-hybridized carbons (Fsp3) is 0.429. The number of thioether (sulfide) groups is 1. The molecule has 0 fully saturated rings. The number of carbonyl (C=O) groups excluding carboxylic acids is 2. The van der Waals surface area contributed by atoms with Gasteiger partial charge in [-0.2, -0.15) is 16.7 Å². The zero-order valence-electron chi connectivity index (χ0n) is 27.7. The van der Waals surface area contributed by atoms with Crippen LogP contribution in [0.15, 0.2) is 75.0 Å². The quantitative estimate of drug-likeness (QED) is 0.0701. The molecule has 2 aromatic carbocycles. The highest BCUT2D eigenvalue weighted by molar-refractivity contribution is 7.99. The lowest BCUT2D eigenvalue weighted by molar-refractivity contribution is -0.150. The van der Waals surface area contributed by atoms with Gasteiger partial charge in [0, 0.05) is 34.7 Å². The molecule has 1 heterocycles. The van der Waals surface area contributed by atoms with Crippen LogP contribution in [0.25, 0.3) is 11.1 Å². The van der Waals surface area contributed by atoms with E-state index < -0.39 is 12.1 Å². The molecule has 0 saturated heterocycles. The van der Waals surface area contributed by atoms with Crippen LogP contribution in [0.5, 0.6) is 17.6 Å². The van der Waals surface area contributed by atoms with Crippen LogP contribution in [0.1, 0.15) is 60.3 Å². The first-order valence-electron chi connectivity index (χ1n) is 15.8. The molecule has 1 aromatic heterocycles. The van der Waals surface area contributed by atoms with Gasteiger partial charge in [0.1, 0.15) is 29.4 Å². The third-order valence-electron chi connectivity index (χ3n) is 6.99. The van der Waals surface area contributed by atoms with Crippen molar-refractivity contribution in [1.29, 1.82) is 0 Å². The minimum Gasteiger partial charge on any atom is -0.511 e. The Bertz CT molecular complexity index is 1590. The topological polar surface area (TPSA) is 130 Å². The molecule has 13 heteroatoms. The summed E-state index contributed by atoms with van der Waals surface area (Å²) in [4.78, 5) is 33.4. The standard InChI is InChI=1S/C18H16ClNO5.C17H26ClNO3S/c1-3-22-17(21)11(2)23-13-5-7-14(8-6-13)24-18-20-15-9-4-12(19)10-16(15)25-18;1-4-14(19-22-8-6-7-18)17-15(20)10-13(11-16(17)21)9-12(3)23-5-2/h4-11H,3H2,1-2H3;6-7,12-13,20H,4-5,8-11H2,1-3H3/b;7-6+,19-14+/t11-;/m1./s1. The van der Waals surface area contributed by atoms with Crippen molar-refractivity contribution in [2.24, 2.45) is 11.1 Å². The maximum Gasteiger partial charge on any atom is 0.400 e. The average Bonchev–Trinajstić information content (AvgIpc) is 3.44. The molecule has 260 valence electrons. The van der Waals surface area contributed by atoms with Gasteiger partial charge in [0.25, 0.3) is 0 Å². The van der Waals surface area contributed by atoms with Gasteiger partial charge in [-0.1, -0.05) is 49.1 Å². The zero-order chi connectivity index (χ0) is 35.1. The first-order chi connectivity index (χ1) is 23.1. The summed E-state index contributed by atoms with van der Waals surface area (Å²) in [6, 6.07) is 11.9. The molecule has 48 heavy (non-hydrogen) atoms. The Morgan fingerprint density at radius 3 is 2.52 bits per heavy atom. The second-order valence-electron chi connectivity index (χ2n) is 10.7. The Morgan fingerprint density at radius 2 is 1.88 bits per heavy atom. The molecular weight excluding hydrogens is 679 g/mol. The lowest BCUT2D eigenvalue weighted by Gasteiger charge is -2.25. The lowest BCUT2D eigenvalue weighted by Crippen LogP contribution is -2.26. The van der Waals surface area contributed by atoms with Gasteiger partial charge in [0.05, 0.1) is 17.9 Å². The number of hydrogen-bond donors (Lipinski definition) is 1. The number of nitrogens with zero attached hydrogens (tertiary/aromatic N) is 2. The number of esters is 1. The third-order valence-corrected chi connectivity index (χ3v) is 8.50. The molecule has 0 bridgehead atoms. The predicted octanol–water partition coefficient (Wildman–Crippen LogP) is 9.45. The number of aliphatic hydroxyl groups is 1. The number of halogens is 2. The van der Waals surface area contributed by atoms with Crippen molar-refractivity contribution in [2.75, 3.05) is 19.0 Å². The van der Waals surface area contributed by atoms with Gasteiger partial charge in [0.15, 0.2) is 17.5 Å². The molecule has 0 aliphatic heterocycles. The Hall–Kier alpha value is -3.67. The first kappa shape index (κ1) is 38.8. The third kappa shape index (κ3) is 12.1. The maximum absolute atomic E-state index is 12.4. The van der Waals surface area contributed by atoms with Gasteiger partial charge in [0.2, 0.25) is 0 Å². The van der Waals surface area contributed by atoms with Crippen LogP contribution in [0.4, 0.5) is 0 Å². The number of allylic oxidation sites excluding steroid dienone is 2. The van der Waals surface area contributed by atoms with E-state index >= 15 is 0 Å². The summed E-state index contributed by atoms with van der Waals surface area (Å²) >= 11 is 13.2. The van der Waals surface area contributed by atoms with Gasteiger partial charge in [-0.05, 0) is 80.8 Å².